The monoisotopic (exact) mass is 339 g/mol. The van der Waals surface area contributed by atoms with Crippen molar-refractivity contribution in [2.45, 2.75) is 6.42 Å². The summed E-state index contributed by atoms with van der Waals surface area (Å²) < 4.78 is 1.10. The van der Waals surface area contributed by atoms with E-state index in [1.54, 1.807) is 35.6 Å². The maximum Gasteiger partial charge on any atom is 0.319 e. The minimum atomic E-state index is -0.221. The molecule has 0 radical (unpaired) electrons. The predicted molar refractivity (Wildman–Crippen MR) is 83.6 cm³/mol. The Morgan fingerprint density at radius 3 is 2.84 bits per heavy atom. The summed E-state index contributed by atoms with van der Waals surface area (Å²) in [5.41, 5.74) is 6.96. The number of amides is 2. The quantitative estimate of drug-likeness (QED) is 0.746. The van der Waals surface area contributed by atoms with E-state index in [4.69, 9.17) is 5.73 Å². The number of anilines is 2. The molecule has 1 aromatic carbocycles. The molecule has 0 aliphatic heterocycles. The summed E-state index contributed by atoms with van der Waals surface area (Å²) in [4.78, 5) is 12.9. The molecule has 0 aliphatic carbocycles. The second-order valence-corrected chi connectivity index (χ2v) is 6.51. The van der Waals surface area contributed by atoms with Crippen LogP contribution in [0.1, 0.15) is 4.88 Å². The molecule has 4 nitrogen and oxygen atoms in total. The number of carbonyl (C=O) groups is 1. The number of thiophene rings is 1. The Labute approximate surface area is 124 Å². The van der Waals surface area contributed by atoms with Crippen molar-refractivity contribution in [2.75, 3.05) is 17.6 Å². The third-order valence-electron chi connectivity index (χ3n) is 2.43. The Kier molecular flexibility index (Phi) is 4.81. The fraction of sp³-hybridized carbons (Fsp3) is 0.154. The predicted octanol–water partition coefficient (Wildman–Crippen LogP) is 3.46. The van der Waals surface area contributed by atoms with E-state index < -0.39 is 0 Å². The lowest BCUT2D eigenvalue weighted by Gasteiger charge is -2.07. The minimum absolute atomic E-state index is 0.221. The van der Waals surface area contributed by atoms with Crippen LogP contribution in [-0.2, 0) is 6.42 Å². The number of urea groups is 1. The third-order valence-corrected chi connectivity index (χ3v) is 4.11. The first-order valence-electron chi connectivity index (χ1n) is 5.78. The lowest BCUT2D eigenvalue weighted by atomic mass is 10.3. The van der Waals surface area contributed by atoms with E-state index in [2.05, 4.69) is 26.6 Å². The number of rotatable bonds is 4. The van der Waals surface area contributed by atoms with E-state index in [-0.39, 0.29) is 6.03 Å². The molecule has 2 rings (SSSR count). The van der Waals surface area contributed by atoms with Gasteiger partial charge in [0, 0.05) is 22.8 Å². The third kappa shape index (κ3) is 4.57. The van der Waals surface area contributed by atoms with Gasteiger partial charge in [0.2, 0.25) is 0 Å². The molecule has 0 fully saturated rings. The topological polar surface area (TPSA) is 67.1 Å². The molecule has 0 saturated heterocycles. The molecule has 1 heterocycles. The zero-order chi connectivity index (χ0) is 13.7. The van der Waals surface area contributed by atoms with Gasteiger partial charge in [0.15, 0.2) is 0 Å². The van der Waals surface area contributed by atoms with Gasteiger partial charge >= 0.3 is 6.03 Å². The Bertz CT molecular complexity index is 571. The molecule has 0 spiro atoms. The zero-order valence-corrected chi connectivity index (χ0v) is 12.6. The highest BCUT2D eigenvalue weighted by Crippen LogP contribution is 2.22. The van der Waals surface area contributed by atoms with Gasteiger partial charge in [-0.1, -0.05) is 6.07 Å². The average molecular weight is 340 g/mol. The summed E-state index contributed by atoms with van der Waals surface area (Å²) in [5, 5.41) is 5.55. The normalized spacial score (nSPS) is 10.2. The summed E-state index contributed by atoms with van der Waals surface area (Å²) in [6.07, 6.45) is 0.820. The lowest BCUT2D eigenvalue weighted by Crippen LogP contribution is -2.30. The van der Waals surface area contributed by atoms with Gasteiger partial charge in [-0.05, 0) is 52.7 Å². The number of nitrogen functional groups attached to an aromatic ring is 1. The first-order chi connectivity index (χ1) is 9.13. The Hall–Kier alpha value is -1.53. The van der Waals surface area contributed by atoms with Crippen molar-refractivity contribution in [3.05, 3.63) is 45.1 Å². The van der Waals surface area contributed by atoms with Crippen LogP contribution >= 0.6 is 27.3 Å². The maximum atomic E-state index is 11.7. The van der Waals surface area contributed by atoms with Crippen LogP contribution in [0.4, 0.5) is 16.2 Å². The SMILES string of the molecule is Nc1cccc(NC(=O)NCCc2ccc(Br)s2)c1. The molecule has 19 heavy (non-hydrogen) atoms. The highest BCUT2D eigenvalue weighted by Gasteiger charge is 2.02. The molecule has 2 amide bonds. The van der Waals surface area contributed by atoms with E-state index in [0.717, 1.165) is 10.2 Å². The number of nitrogens with two attached hydrogens (primary N) is 1. The van der Waals surface area contributed by atoms with E-state index in [1.807, 2.05) is 12.1 Å². The Balaban J connectivity index is 1.76. The molecule has 0 saturated carbocycles. The van der Waals surface area contributed by atoms with Crippen molar-refractivity contribution < 1.29 is 4.79 Å². The standard InChI is InChI=1S/C13H14BrN3OS/c14-12-5-4-11(19-12)6-7-16-13(18)17-10-3-1-2-9(15)8-10/h1-5,8H,6-7,15H2,(H2,16,17,18). The lowest BCUT2D eigenvalue weighted by molar-refractivity contribution is 0.252. The molecule has 0 aliphatic rings. The average Bonchev–Trinajstić information content (AvgIpc) is 2.75. The summed E-state index contributed by atoms with van der Waals surface area (Å²) in [6, 6.07) is 10.9. The van der Waals surface area contributed by atoms with Gasteiger partial charge in [0.1, 0.15) is 0 Å². The molecule has 4 N–H and O–H groups in total. The number of carbonyl (C=O) groups excluding carboxylic acids is 1. The van der Waals surface area contributed by atoms with Crippen molar-refractivity contribution in [3.8, 4) is 0 Å². The fourth-order valence-corrected chi connectivity index (χ4v) is 3.06. The van der Waals surface area contributed by atoms with E-state index in [1.165, 1.54) is 4.88 Å². The number of halogens is 1. The molecule has 0 atom stereocenters. The van der Waals surface area contributed by atoms with Crippen LogP contribution in [-0.4, -0.2) is 12.6 Å². The van der Waals surface area contributed by atoms with Crippen molar-refractivity contribution >= 4 is 44.7 Å². The number of hydrogen-bond acceptors (Lipinski definition) is 3. The second-order valence-electron chi connectivity index (χ2n) is 3.96. The largest absolute Gasteiger partial charge is 0.399 e. The molecule has 6 heteroatoms. The van der Waals surface area contributed by atoms with Gasteiger partial charge in [0.25, 0.3) is 0 Å². The van der Waals surface area contributed by atoms with Crippen LogP contribution in [0.15, 0.2) is 40.2 Å². The molecular formula is C13H14BrN3OS. The van der Waals surface area contributed by atoms with Gasteiger partial charge in [-0.3, -0.25) is 0 Å². The van der Waals surface area contributed by atoms with Crippen molar-refractivity contribution in [1.82, 2.24) is 5.32 Å². The number of nitrogens with one attached hydrogen (secondary N) is 2. The summed E-state index contributed by atoms with van der Waals surface area (Å²) >= 11 is 5.08. The summed E-state index contributed by atoms with van der Waals surface area (Å²) in [6.45, 7) is 0.598. The maximum absolute atomic E-state index is 11.7. The minimum Gasteiger partial charge on any atom is -0.399 e. The van der Waals surface area contributed by atoms with Crippen molar-refractivity contribution in [3.63, 3.8) is 0 Å². The highest BCUT2D eigenvalue weighted by molar-refractivity contribution is 9.11. The van der Waals surface area contributed by atoms with E-state index >= 15 is 0 Å². The van der Waals surface area contributed by atoms with E-state index in [9.17, 15) is 4.79 Å². The Morgan fingerprint density at radius 2 is 2.16 bits per heavy atom. The van der Waals surface area contributed by atoms with E-state index in [0.29, 0.717) is 17.9 Å². The molecule has 0 unspecified atom stereocenters. The van der Waals surface area contributed by atoms with Crippen LogP contribution in [0.5, 0.6) is 0 Å². The fourth-order valence-electron chi connectivity index (χ4n) is 1.58. The van der Waals surface area contributed by atoms with Crippen LogP contribution < -0.4 is 16.4 Å². The van der Waals surface area contributed by atoms with Gasteiger partial charge < -0.3 is 16.4 Å². The summed E-state index contributed by atoms with van der Waals surface area (Å²) in [5.74, 6) is 0. The van der Waals surface area contributed by atoms with Gasteiger partial charge in [-0.2, -0.15) is 0 Å². The van der Waals surface area contributed by atoms with Crippen molar-refractivity contribution in [1.29, 1.82) is 0 Å². The molecule has 0 bridgehead atoms. The molecule has 100 valence electrons. The zero-order valence-electron chi connectivity index (χ0n) is 10.2. The van der Waals surface area contributed by atoms with Crippen LogP contribution in [0.3, 0.4) is 0 Å². The highest BCUT2D eigenvalue weighted by atomic mass is 79.9. The van der Waals surface area contributed by atoms with Crippen LogP contribution in [0.25, 0.3) is 0 Å². The van der Waals surface area contributed by atoms with Crippen molar-refractivity contribution in [2.24, 2.45) is 0 Å². The first-order valence-corrected chi connectivity index (χ1v) is 7.39. The smallest absolute Gasteiger partial charge is 0.319 e. The Morgan fingerprint density at radius 1 is 1.32 bits per heavy atom. The van der Waals surface area contributed by atoms with Crippen LogP contribution in [0.2, 0.25) is 0 Å². The van der Waals surface area contributed by atoms with Gasteiger partial charge in [-0.25, -0.2) is 4.79 Å². The summed E-state index contributed by atoms with van der Waals surface area (Å²) in [7, 11) is 0. The molecular weight excluding hydrogens is 326 g/mol. The van der Waals surface area contributed by atoms with Gasteiger partial charge in [-0.15, -0.1) is 11.3 Å². The van der Waals surface area contributed by atoms with Gasteiger partial charge in [0.05, 0.1) is 3.79 Å². The molecule has 1 aromatic heterocycles. The number of hydrogen-bond donors (Lipinski definition) is 3. The molecule has 2 aromatic rings. The first kappa shape index (κ1) is 13.9. The van der Waals surface area contributed by atoms with Crippen LogP contribution in [0, 0.1) is 0 Å². The number of benzene rings is 1. The second kappa shape index (κ2) is 6.58.